The summed E-state index contributed by atoms with van der Waals surface area (Å²) in [6.45, 7) is 13.4. The lowest BCUT2D eigenvalue weighted by molar-refractivity contribution is -0.146. The molecule has 0 aliphatic heterocycles. The number of alkyl halides is 3. The van der Waals surface area contributed by atoms with Crippen LogP contribution in [0.5, 0.6) is 0 Å². The molecule has 0 aromatic heterocycles. The summed E-state index contributed by atoms with van der Waals surface area (Å²) < 4.78 is 36.0. The summed E-state index contributed by atoms with van der Waals surface area (Å²) in [6, 6.07) is 0.931. The molecule has 142 valence electrons. The molecule has 1 unspecified atom stereocenters. The van der Waals surface area contributed by atoms with Crippen LogP contribution in [0.15, 0.2) is 0 Å². The lowest BCUT2D eigenvalue weighted by atomic mass is 9.92. The summed E-state index contributed by atoms with van der Waals surface area (Å²) in [7, 11) is 2.21. The molecular formula is C18H39F3N2. The molecule has 0 radical (unpaired) electrons. The van der Waals surface area contributed by atoms with E-state index in [-0.39, 0.29) is 0 Å². The molecule has 0 aromatic carbocycles. The predicted molar refractivity (Wildman–Crippen MR) is 94.9 cm³/mol. The van der Waals surface area contributed by atoms with E-state index >= 15 is 0 Å². The molecular weight excluding hydrogens is 301 g/mol. The molecule has 0 amide bonds. The van der Waals surface area contributed by atoms with Gasteiger partial charge in [0.15, 0.2) is 0 Å². The van der Waals surface area contributed by atoms with Gasteiger partial charge in [-0.2, -0.15) is 13.2 Å². The minimum absolute atomic E-state index is 0.335. The molecule has 2 nitrogen and oxygen atoms in total. The largest absolute Gasteiger partial charge is 0.401 e. The standard InChI is InChI=1S/C9H18F3N.C7H15N.C2H6/c1-4-8(3)6-13(5-2)7-9(10,11)12;1-3-8(2)7-5-4-6-7;1-2/h8H,4-7H2,1-3H3;7H,3-6H2,1-2H3;1-2H3. The minimum atomic E-state index is -4.07. The fourth-order valence-electron chi connectivity index (χ4n) is 2.21. The molecule has 5 heteroatoms. The molecule has 1 aliphatic rings. The zero-order valence-corrected chi connectivity index (χ0v) is 16.3. The number of hydrogen-bond donors (Lipinski definition) is 0. The van der Waals surface area contributed by atoms with E-state index in [4.69, 9.17) is 0 Å². The number of halogens is 3. The molecule has 0 N–H and O–H groups in total. The Morgan fingerprint density at radius 2 is 1.57 bits per heavy atom. The SMILES string of the molecule is CC.CCC(C)CN(CC)CC(F)(F)F.CCN(C)C1CCC1. The molecule has 0 heterocycles. The number of nitrogens with zero attached hydrogens (tertiary/aromatic N) is 2. The zero-order chi connectivity index (χ0) is 18.5. The Morgan fingerprint density at radius 3 is 1.78 bits per heavy atom. The van der Waals surface area contributed by atoms with E-state index in [2.05, 4.69) is 18.9 Å². The van der Waals surface area contributed by atoms with Crippen LogP contribution in [-0.2, 0) is 0 Å². The van der Waals surface area contributed by atoms with E-state index in [0.717, 1.165) is 12.5 Å². The van der Waals surface area contributed by atoms with Crippen LogP contribution in [0.3, 0.4) is 0 Å². The van der Waals surface area contributed by atoms with Crippen molar-refractivity contribution in [2.45, 2.75) is 79.4 Å². The summed E-state index contributed by atoms with van der Waals surface area (Å²) in [4.78, 5) is 3.87. The van der Waals surface area contributed by atoms with Gasteiger partial charge in [-0.25, -0.2) is 0 Å². The van der Waals surface area contributed by atoms with E-state index in [1.807, 2.05) is 27.7 Å². The molecule has 0 aromatic rings. The van der Waals surface area contributed by atoms with Gasteiger partial charge in [-0.05, 0) is 38.9 Å². The topological polar surface area (TPSA) is 6.48 Å². The van der Waals surface area contributed by atoms with E-state index in [9.17, 15) is 13.2 Å². The van der Waals surface area contributed by atoms with E-state index in [1.165, 1.54) is 30.7 Å². The summed E-state index contributed by atoms with van der Waals surface area (Å²) in [6.07, 6.45) is 1.18. The third-order valence-electron chi connectivity index (χ3n) is 4.31. The van der Waals surface area contributed by atoms with Crippen LogP contribution in [0.4, 0.5) is 13.2 Å². The number of hydrogen-bond acceptors (Lipinski definition) is 2. The van der Waals surface area contributed by atoms with Gasteiger partial charge in [0, 0.05) is 12.6 Å². The Kier molecular flexibility index (Phi) is 15.3. The molecule has 0 spiro atoms. The third kappa shape index (κ3) is 13.8. The summed E-state index contributed by atoms with van der Waals surface area (Å²) >= 11 is 0. The zero-order valence-electron chi connectivity index (χ0n) is 16.3. The molecule has 23 heavy (non-hydrogen) atoms. The van der Waals surface area contributed by atoms with Crippen LogP contribution in [0.1, 0.15) is 67.2 Å². The van der Waals surface area contributed by atoms with Crippen molar-refractivity contribution in [3.05, 3.63) is 0 Å². The predicted octanol–water partition coefficient (Wildman–Crippen LogP) is 5.43. The van der Waals surface area contributed by atoms with Gasteiger partial charge in [0.2, 0.25) is 0 Å². The Bertz CT molecular complexity index is 250. The van der Waals surface area contributed by atoms with Crippen LogP contribution >= 0.6 is 0 Å². The molecule has 1 aliphatic carbocycles. The first-order valence-corrected chi connectivity index (χ1v) is 9.22. The maximum Gasteiger partial charge on any atom is 0.401 e. The summed E-state index contributed by atoms with van der Waals surface area (Å²) in [5.41, 5.74) is 0. The van der Waals surface area contributed by atoms with Gasteiger partial charge in [-0.1, -0.05) is 54.4 Å². The van der Waals surface area contributed by atoms with Crippen LogP contribution in [0.2, 0.25) is 0 Å². The highest BCUT2D eigenvalue weighted by atomic mass is 19.4. The molecule has 1 atom stereocenters. The minimum Gasteiger partial charge on any atom is -0.304 e. The van der Waals surface area contributed by atoms with Crippen molar-refractivity contribution in [3.8, 4) is 0 Å². The Labute approximate surface area is 142 Å². The van der Waals surface area contributed by atoms with Crippen molar-refractivity contribution in [2.75, 3.05) is 33.2 Å². The van der Waals surface area contributed by atoms with Gasteiger partial charge in [-0.3, -0.25) is 4.90 Å². The second-order valence-electron chi connectivity index (χ2n) is 6.11. The van der Waals surface area contributed by atoms with Crippen molar-refractivity contribution in [3.63, 3.8) is 0 Å². The second kappa shape index (κ2) is 14.1. The summed E-state index contributed by atoms with van der Waals surface area (Å²) in [5.74, 6) is 0.335. The maximum atomic E-state index is 12.0. The molecule has 1 fully saturated rings. The monoisotopic (exact) mass is 340 g/mol. The van der Waals surface area contributed by atoms with Gasteiger partial charge >= 0.3 is 6.18 Å². The van der Waals surface area contributed by atoms with Gasteiger partial charge in [0.05, 0.1) is 6.54 Å². The van der Waals surface area contributed by atoms with Crippen LogP contribution in [0.25, 0.3) is 0 Å². The summed E-state index contributed by atoms with van der Waals surface area (Å²) in [5, 5.41) is 0. The first-order chi connectivity index (χ1) is 10.7. The highest BCUT2D eigenvalue weighted by Gasteiger charge is 2.30. The van der Waals surface area contributed by atoms with E-state index in [1.54, 1.807) is 6.92 Å². The fraction of sp³-hybridized carbons (Fsp3) is 1.00. The van der Waals surface area contributed by atoms with Crippen LogP contribution < -0.4 is 0 Å². The lowest BCUT2D eigenvalue weighted by Crippen LogP contribution is -2.36. The Morgan fingerprint density at radius 1 is 1.04 bits per heavy atom. The molecule has 1 saturated carbocycles. The normalized spacial score (nSPS) is 16.2. The van der Waals surface area contributed by atoms with Crippen LogP contribution in [-0.4, -0.2) is 55.2 Å². The molecule has 1 rings (SSSR count). The smallest absolute Gasteiger partial charge is 0.304 e. The Balaban J connectivity index is 0. The van der Waals surface area contributed by atoms with Crippen molar-refractivity contribution in [1.29, 1.82) is 0 Å². The van der Waals surface area contributed by atoms with Crippen molar-refractivity contribution >= 4 is 0 Å². The third-order valence-corrected chi connectivity index (χ3v) is 4.31. The van der Waals surface area contributed by atoms with Crippen molar-refractivity contribution < 1.29 is 13.2 Å². The van der Waals surface area contributed by atoms with Gasteiger partial charge in [-0.15, -0.1) is 0 Å². The van der Waals surface area contributed by atoms with Crippen molar-refractivity contribution in [1.82, 2.24) is 9.80 Å². The van der Waals surface area contributed by atoms with E-state index in [0.29, 0.717) is 19.0 Å². The maximum absolute atomic E-state index is 12.0. The average molecular weight is 341 g/mol. The van der Waals surface area contributed by atoms with Gasteiger partial charge in [0.25, 0.3) is 0 Å². The van der Waals surface area contributed by atoms with Gasteiger partial charge < -0.3 is 4.90 Å². The Hall–Kier alpha value is -0.290. The highest BCUT2D eigenvalue weighted by molar-refractivity contribution is 4.76. The highest BCUT2D eigenvalue weighted by Crippen LogP contribution is 2.22. The number of rotatable bonds is 7. The fourth-order valence-corrected chi connectivity index (χ4v) is 2.21. The molecule has 0 bridgehead atoms. The first-order valence-electron chi connectivity index (χ1n) is 9.22. The van der Waals surface area contributed by atoms with Gasteiger partial charge in [0.1, 0.15) is 0 Å². The van der Waals surface area contributed by atoms with Crippen LogP contribution in [0, 0.1) is 5.92 Å². The van der Waals surface area contributed by atoms with Crippen molar-refractivity contribution in [2.24, 2.45) is 5.92 Å². The lowest BCUT2D eigenvalue weighted by Gasteiger charge is -2.33. The second-order valence-corrected chi connectivity index (χ2v) is 6.11. The van der Waals surface area contributed by atoms with E-state index < -0.39 is 12.7 Å². The average Bonchev–Trinajstić information content (AvgIpc) is 2.45. The quantitative estimate of drug-likeness (QED) is 0.609. The molecule has 0 saturated heterocycles. The first kappa shape index (κ1) is 25.0.